The molecule has 2 rings (SSSR count). The number of hydrogen-bond donors (Lipinski definition) is 0. The Morgan fingerprint density at radius 1 is 0.737 bits per heavy atom. The Morgan fingerprint density at radius 2 is 1.05 bits per heavy atom. The summed E-state index contributed by atoms with van der Waals surface area (Å²) in [6.07, 6.45) is 0. The van der Waals surface area contributed by atoms with Crippen LogP contribution in [0.1, 0.15) is 2.85 Å². The second-order valence-electron chi connectivity index (χ2n) is 3.16. The Balaban J connectivity index is -0.000000810. The van der Waals surface area contributed by atoms with E-state index in [9.17, 15) is 8.42 Å². The van der Waals surface area contributed by atoms with E-state index in [1.54, 1.807) is 48.5 Å². The molecule has 0 fully saturated rings. The van der Waals surface area contributed by atoms with E-state index in [0.29, 0.717) is 9.79 Å². The van der Waals surface area contributed by atoms with Gasteiger partial charge in [-0.2, -0.15) is 3.63 Å². The monoisotopic (exact) mass is 330 g/mol. The minimum Gasteiger partial charge on any atom is -1.00 e. The van der Waals surface area contributed by atoms with Crippen LogP contribution in [0.4, 0.5) is 0 Å². The van der Waals surface area contributed by atoms with Crippen molar-refractivity contribution in [2.75, 3.05) is 0 Å². The van der Waals surface area contributed by atoms with Crippen LogP contribution in [0.5, 0.6) is 0 Å². The molecular formula is C12H12KNaO3S2. The van der Waals surface area contributed by atoms with Crippen LogP contribution < -0.4 is 80.9 Å². The van der Waals surface area contributed by atoms with Gasteiger partial charge in [0.2, 0.25) is 22.2 Å². The van der Waals surface area contributed by atoms with Gasteiger partial charge in [0.15, 0.2) is 0 Å². The largest absolute Gasteiger partial charge is 1.00 e. The zero-order valence-electron chi connectivity index (χ0n) is 12.8. The molecule has 7 heteroatoms. The van der Waals surface area contributed by atoms with Gasteiger partial charge < -0.3 is 2.85 Å². The quantitative estimate of drug-likeness (QED) is 0.551. The van der Waals surface area contributed by atoms with Gasteiger partial charge in [0.05, 0.1) is 9.79 Å². The fraction of sp³-hybridized carbons (Fsp3) is 0. The number of hydrogen-bond acceptors (Lipinski definition) is 3. The molecule has 2 aromatic rings. The molecule has 0 aliphatic rings. The first-order valence-corrected chi connectivity index (χ1v) is 7.05. The summed E-state index contributed by atoms with van der Waals surface area (Å²) in [6.45, 7) is 0. The summed E-state index contributed by atoms with van der Waals surface area (Å²) in [6, 6.07) is 17.3. The average Bonchev–Trinajstić information content (AvgIpc) is 2.40. The molecule has 92 valence electrons. The van der Waals surface area contributed by atoms with Crippen LogP contribution in [-0.4, -0.2) is 8.42 Å². The molecule has 0 amide bonds. The molecule has 0 radical (unpaired) electrons. The van der Waals surface area contributed by atoms with E-state index in [-0.39, 0.29) is 83.8 Å². The van der Waals surface area contributed by atoms with Crippen LogP contribution in [0.25, 0.3) is 0 Å². The van der Waals surface area contributed by atoms with E-state index in [4.69, 9.17) is 3.63 Å². The van der Waals surface area contributed by atoms with Gasteiger partial charge in [0, 0.05) is 0 Å². The third-order valence-electron chi connectivity index (χ3n) is 1.99. The number of benzene rings is 2. The Hall–Kier alpha value is 1.34. The molecule has 0 saturated heterocycles. The zero-order valence-corrected chi connectivity index (χ0v) is 17.6. The average molecular weight is 330 g/mol. The van der Waals surface area contributed by atoms with E-state index in [1.807, 2.05) is 12.1 Å². The molecule has 3 nitrogen and oxygen atoms in total. The van der Waals surface area contributed by atoms with Crippen molar-refractivity contribution in [1.29, 1.82) is 0 Å². The molecule has 0 N–H and O–H groups in total. The number of rotatable bonds is 4. The molecule has 0 heterocycles. The molecule has 2 aromatic carbocycles. The summed E-state index contributed by atoms with van der Waals surface area (Å²) in [5.74, 6) is 0. The van der Waals surface area contributed by atoms with Crippen LogP contribution in [0, 0.1) is 0 Å². The standard InChI is InChI=1S/C12H10O3S2.K.Na.2H/c13-16(11-7-3-1-4-8-11)15-17(14)12-9-5-2-6-10-12;;;;/h1-10H;;;;/q;2*+1;2*-1. The van der Waals surface area contributed by atoms with Crippen LogP contribution in [0.2, 0.25) is 0 Å². The van der Waals surface area contributed by atoms with Gasteiger partial charge in [-0.1, -0.05) is 36.4 Å². The van der Waals surface area contributed by atoms with Crippen molar-refractivity contribution in [1.82, 2.24) is 0 Å². The predicted molar refractivity (Wildman–Crippen MR) is 69.0 cm³/mol. The third kappa shape index (κ3) is 6.75. The van der Waals surface area contributed by atoms with E-state index >= 15 is 0 Å². The molecule has 0 aliphatic heterocycles. The fourth-order valence-corrected chi connectivity index (χ4v) is 3.03. The smallest absolute Gasteiger partial charge is 1.00 e. The van der Waals surface area contributed by atoms with Gasteiger partial charge in [-0.3, -0.25) is 0 Å². The van der Waals surface area contributed by atoms with Gasteiger partial charge in [0.25, 0.3) is 0 Å². The van der Waals surface area contributed by atoms with E-state index in [0.717, 1.165) is 0 Å². The minimum absolute atomic E-state index is 0. The minimum atomic E-state index is -1.71. The van der Waals surface area contributed by atoms with Crippen molar-refractivity contribution in [3.63, 3.8) is 0 Å². The van der Waals surface area contributed by atoms with Crippen molar-refractivity contribution in [2.45, 2.75) is 9.79 Å². The topological polar surface area (TPSA) is 43.4 Å². The maximum absolute atomic E-state index is 11.7. The summed E-state index contributed by atoms with van der Waals surface area (Å²) in [7, 11) is 0. The fourth-order valence-electron chi connectivity index (χ4n) is 1.20. The van der Waals surface area contributed by atoms with E-state index in [1.165, 1.54) is 0 Å². The van der Waals surface area contributed by atoms with Crippen LogP contribution in [0.15, 0.2) is 70.5 Å². The molecule has 0 aromatic heterocycles. The van der Waals surface area contributed by atoms with Crippen molar-refractivity contribution in [3.05, 3.63) is 60.7 Å². The Kier molecular flexibility index (Phi) is 11.7. The second kappa shape index (κ2) is 11.0. The van der Waals surface area contributed by atoms with Crippen LogP contribution in [0.3, 0.4) is 0 Å². The normalized spacial score (nSPS) is 12.6. The van der Waals surface area contributed by atoms with Gasteiger partial charge in [-0.15, -0.1) is 0 Å². The molecule has 0 bridgehead atoms. The Morgan fingerprint density at radius 3 is 1.37 bits per heavy atom. The molecule has 0 spiro atoms. The summed E-state index contributed by atoms with van der Waals surface area (Å²) in [5.41, 5.74) is 0. The van der Waals surface area contributed by atoms with Crippen LogP contribution in [-0.2, 0) is 25.8 Å². The second-order valence-corrected chi connectivity index (χ2v) is 5.59. The summed E-state index contributed by atoms with van der Waals surface area (Å²) < 4.78 is 28.4. The van der Waals surface area contributed by atoms with E-state index < -0.39 is 22.2 Å². The van der Waals surface area contributed by atoms with Gasteiger partial charge >= 0.3 is 80.9 Å². The van der Waals surface area contributed by atoms with Crippen molar-refractivity contribution in [2.24, 2.45) is 0 Å². The first kappa shape index (κ1) is 20.3. The predicted octanol–water partition coefficient (Wildman–Crippen LogP) is -3.32. The van der Waals surface area contributed by atoms with Gasteiger partial charge in [-0.05, 0) is 24.3 Å². The van der Waals surface area contributed by atoms with Crippen molar-refractivity contribution in [3.8, 4) is 0 Å². The zero-order chi connectivity index (χ0) is 12.1. The molecule has 0 atom stereocenters. The molecule has 0 aliphatic carbocycles. The summed E-state index contributed by atoms with van der Waals surface area (Å²) in [4.78, 5) is 0.994. The molecule has 19 heavy (non-hydrogen) atoms. The van der Waals surface area contributed by atoms with Crippen molar-refractivity contribution < 1.29 is 95.8 Å². The first-order chi connectivity index (χ1) is 8.27. The SMILES string of the molecule is O=S(OS(=O)c1ccccc1)c1ccccc1.[H-].[H-].[K+].[Na+]. The van der Waals surface area contributed by atoms with Gasteiger partial charge in [0.1, 0.15) is 0 Å². The van der Waals surface area contributed by atoms with Crippen LogP contribution >= 0.6 is 0 Å². The maximum atomic E-state index is 11.7. The van der Waals surface area contributed by atoms with Crippen molar-refractivity contribution >= 4 is 22.2 Å². The summed E-state index contributed by atoms with van der Waals surface area (Å²) in [5, 5.41) is 0. The molecule has 0 unspecified atom stereocenters. The van der Waals surface area contributed by atoms with E-state index in [2.05, 4.69) is 0 Å². The Labute approximate surface area is 185 Å². The maximum Gasteiger partial charge on any atom is 1.00 e. The summed E-state index contributed by atoms with van der Waals surface area (Å²) >= 11 is -3.43. The molecular weight excluding hydrogens is 318 g/mol. The third-order valence-corrected chi connectivity index (χ3v) is 4.30. The Bertz CT molecular complexity index is 497. The first-order valence-electron chi connectivity index (χ1n) is 4.90. The van der Waals surface area contributed by atoms with Gasteiger partial charge in [-0.25, -0.2) is 8.42 Å². The molecule has 0 saturated carbocycles.